The standard InChI is InChI=1S/C8H7NO4S/c10-4-5-1-2-6(14-5)8(13)9-3-7(11)12/h1-2,4H,3H2,(H,9,13)(H,11,12). The number of amides is 1. The van der Waals surface area contributed by atoms with Gasteiger partial charge in [-0.1, -0.05) is 0 Å². The Labute approximate surface area is 83.4 Å². The number of hydrogen-bond donors (Lipinski definition) is 2. The van der Waals surface area contributed by atoms with Crippen molar-refractivity contribution >= 4 is 29.5 Å². The Hall–Kier alpha value is -1.69. The third kappa shape index (κ3) is 2.67. The highest BCUT2D eigenvalue weighted by molar-refractivity contribution is 7.15. The van der Waals surface area contributed by atoms with Crippen molar-refractivity contribution < 1.29 is 19.5 Å². The molecule has 0 saturated heterocycles. The second kappa shape index (κ2) is 4.52. The van der Waals surface area contributed by atoms with E-state index in [0.29, 0.717) is 16.0 Å². The summed E-state index contributed by atoms with van der Waals surface area (Å²) >= 11 is 1.02. The van der Waals surface area contributed by atoms with Gasteiger partial charge in [0.2, 0.25) is 0 Å². The summed E-state index contributed by atoms with van der Waals surface area (Å²) in [6.07, 6.45) is 0.638. The van der Waals surface area contributed by atoms with E-state index in [1.807, 2.05) is 0 Å². The Bertz CT molecular complexity index is 371. The minimum absolute atomic E-state index is 0.327. The Morgan fingerprint density at radius 2 is 2.21 bits per heavy atom. The summed E-state index contributed by atoms with van der Waals surface area (Å²) in [5.74, 6) is -1.59. The number of aldehydes is 1. The van der Waals surface area contributed by atoms with Crippen molar-refractivity contribution in [3.63, 3.8) is 0 Å². The van der Waals surface area contributed by atoms with Gasteiger partial charge in [0, 0.05) is 0 Å². The normalized spacial score (nSPS) is 9.43. The average Bonchev–Trinajstić information content (AvgIpc) is 2.62. The van der Waals surface area contributed by atoms with Gasteiger partial charge in [0.05, 0.1) is 9.75 Å². The molecule has 0 radical (unpaired) electrons. The van der Waals surface area contributed by atoms with Crippen molar-refractivity contribution in [1.82, 2.24) is 5.32 Å². The number of aliphatic carboxylic acids is 1. The molecule has 6 heteroatoms. The first kappa shape index (κ1) is 10.4. The van der Waals surface area contributed by atoms with E-state index in [2.05, 4.69) is 5.32 Å². The molecule has 1 aromatic heterocycles. The van der Waals surface area contributed by atoms with Crippen LogP contribution >= 0.6 is 11.3 Å². The molecule has 14 heavy (non-hydrogen) atoms. The first-order valence-electron chi connectivity index (χ1n) is 3.68. The number of thiophene rings is 1. The number of nitrogens with one attached hydrogen (secondary N) is 1. The Balaban J connectivity index is 2.60. The van der Waals surface area contributed by atoms with Crippen LogP contribution in [0.3, 0.4) is 0 Å². The fraction of sp³-hybridized carbons (Fsp3) is 0.125. The Morgan fingerprint density at radius 3 is 2.71 bits per heavy atom. The van der Waals surface area contributed by atoms with Crippen molar-refractivity contribution in [2.75, 3.05) is 6.54 Å². The van der Waals surface area contributed by atoms with E-state index in [-0.39, 0.29) is 0 Å². The van der Waals surface area contributed by atoms with E-state index in [0.717, 1.165) is 11.3 Å². The van der Waals surface area contributed by atoms with E-state index in [4.69, 9.17) is 5.11 Å². The molecule has 1 amide bonds. The first-order valence-corrected chi connectivity index (χ1v) is 4.50. The first-order chi connectivity index (χ1) is 6.63. The Morgan fingerprint density at radius 1 is 1.50 bits per heavy atom. The molecule has 5 nitrogen and oxygen atoms in total. The quantitative estimate of drug-likeness (QED) is 0.708. The van der Waals surface area contributed by atoms with Crippen LogP contribution in [0.2, 0.25) is 0 Å². The summed E-state index contributed by atoms with van der Waals surface area (Å²) in [5, 5.41) is 10.5. The van der Waals surface area contributed by atoms with Gasteiger partial charge in [0.25, 0.3) is 5.91 Å². The van der Waals surface area contributed by atoms with Crippen molar-refractivity contribution in [2.45, 2.75) is 0 Å². The van der Waals surface area contributed by atoms with Crippen LogP contribution in [-0.2, 0) is 4.79 Å². The lowest BCUT2D eigenvalue weighted by Crippen LogP contribution is -2.28. The van der Waals surface area contributed by atoms with Crippen LogP contribution in [0, 0.1) is 0 Å². The number of hydrogen-bond acceptors (Lipinski definition) is 4. The molecular weight excluding hydrogens is 206 g/mol. The monoisotopic (exact) mass is 213 g/mol. The molecule has 1 heterocycles. The number of rotatable bonds is 4. The maximum atomic E-state index is 11.2. The third-order valence-corrected chi connectivity index (χ3v) is 2.38. The Kier molecular flexibility index (Phi) is 3.35. The molecule has 1 aromatic rings. The van der Waals surface area contributed by atoms with Gasteiger partial charge in [-0.25, -0.2) is 0 Å². The molecule has 74 valence electrons. The number of carboxylic acid groups (broad SMARTS) is 1. The molecule has 0 aliphatic heterocycles. The molecule has 1 rings (SSSR count). The highest BCUT2D eigenvalue weighted by atomic mass is 32.1. The predicted molar refractivity (Wildman–Crippen MR) is 49.7 cm³/mol. The van der Waals surface area contributed by atoms with E-state index >= 15 is 0 Å². The van der Waals surface area contributed by atoms with Gasteiger partial charge in [-0.05, 0) is 12.1 Å². The molecule has 0 fully saturated rings. The number of carbonyl (C=O) groups is 3. The van der Waals surface area contributed by atoms with Gasteiger partial charge >= 0.3 is 5.97 Å². The van der Waals surface area contributed by atoms with Gasteiger partial charge in [0.1, 0.15) is 6.54 Å². The molecule has 0 aliphatic carbocycles. The lowest BCUT2D eigenvalue weighted by atomic mass is 10.4. The average molecular weight is 213 g/mol. The van der Waals surface area contributed by atoms with Crippen molar-refractivity contribution in [1.29, 1.82) is 0 Å². The summed E-state index contributed by atoms with van der Waals surface area (Å²) in [6.45, 7) is -0.423. The topological polar surface area (TPSA) is 83.5 Å². The largest absolute Gasteiger partial charge is 0.480 e. The van der Waals surface area contributed by atoms with E-state index in [9.17, 15) is 14.4 Å². The zero-order valence-corrected chi connectivity index (χ0v) is 7.84. The van der Waals surface area contributed by atoms with Crippen molar-refractivity contribution in [2.24, 2.45) is 0 Å². The smallest absolute Gasteiger partial charge is 0.322 e. The van der Waals surface area contributed by atoms with Gasteiger partial charge in [-0.3, -0.25) is 14.4 Å². The van der Waals surface area contributed by atoms with Crippen LogP contribution in [0.5, 0.6) is 0 Å². The van der Waals surface area contributed by atoms with Crippen LogP contribution in [0.4, 0.5) is 0 Å². The molecule has 0 aromatic carbocycles. The van der Waals surface area contributed by atoms with Crippen LogP contribution in [0.25, 0.3) is 0 Å². The van der Waals surface area contributed by atoms with Crippen molar-refractivity contribution in [3.05, 3.63) is 21.9 Å². The van der Waals surface area contributed by atoms with E-state index < -0.39 is 18.4 Å². The maximum Gasteiger partial charge on any atom is 0.322 e. The molecule has 0 unspecified atom stereocenters. The fourth-order valence-corrected chi connectivity index (χ4v) is 1.52. The SMILES string of the molecule is O=Cc1ccc(C(=O)NCC(=O)O)s1. The van der Waals surface area contributed by atoms with E-state index in [1.54, 1.807) is 0 Å². The summed E-state index contributed by atoms with van der Waals surface area (Å²) in [4.78, 5) is 32.4. The fourth-order valence-electron chi connectivity index (χ4n) is 0.781. The van der Waals surface area contributed by atoms with Gasteiger partial charge in [0.15, 0.2) is 6.29 Å². The van der Waals surface area contributed by atoms with Gasteiger partial charge in [-0.15, -0.1) is 11.3 Å². The molecule has 2 N–H and O–H groups in total. The summed E-state index contributed by atoms with van der Waals surface area (Å²) in [7, 11) is 0. The van der Waals surface area contributed by atoms with Crippen LogP contribution in [-0.4, -0.2) is 29.8 Å². The summed E-state index contributed by atoms with van der Waals surface area (Å²) in [5.41, 5.74) is 0. The number of carboxylic acids is 1. The van der Waals surface area contributed by atoms with E-state index in [1.165, 1.54) is 12.1 Å². The number of carbonyl (C=O) groups excluding carboxylic acids is 2. The van der Waals surface area contributed by atoms with Crippen LogP contribution < -0.4 is 5.32 Å². The third-order valence-electron chi connectivity index (χ3n) is 1.37. The molecular formula is C8H7NO4S. The van der Waals surface area contributed by atoms with Crippen molar-refractivity contribution in [3.8, 4) is 0 Å². The van der Waals surface area contributed by atoms with Crippen LogP contribution in [0.1, 0.15) is 19.3 Å². The predicted octanol–water partition coefficient (Wildman–Crippen LogP) is 0.375. The highest BCUT2D eigenvalue weighted by Crippen LogP contribution is 2.13. The summed E-state index contributed by atoms with van der Waals surface area (Å²) in [6, 6.07) is 2.99. The molecule has 0 spiro atoms. The van der Waals surface area contributed by atoms with Crippen LogP contribution in [0.15, 0.2) is 12.1 Å². The second-order valence-electron chi connectivity index (χ2n) is 2.40. The van der Waals surface area contributed by atoms with Gasteiger partial charge < -0.3 is 10.4 Å². The summed E-state index contributed by atoms with van der Waals surface area (Å²) < 4.78 is 0. The lowest BCUT2D eigenvalue weighted by molar-refractivity contribution is -0.135. The lowest BCUT2D eigenvalue weighted by Gasteiger charge is -1.97. The zero-order valence-electron chi connectivity index (χ0n) is 7.02. The molecule has 0 aliphatic rings. The molecule has 0 bridgehead atoms. The molecule has 0 atom stereocenters. The molecule has 0 saturated carbocycles. The second-order valence-corrected chi connectivity index (χ2v) is 3.51. The maximum absolute atomic E-state index is 11.2. The minimum Gasteiger partial charge on any atom is -0.480 e. The van der Waals surface area contributed by atoms with Gasteiger partial charge in [-0.2, -0.15) is 0 Å². The minimum atomic E-state index is -1.11. The highest BCUT2D eigenvalue weighted by Gasteiger charge is 2.09. The zero-order chi connectivity index (χ0) is 10.6.